The van der Waals surface area contributed by atoms with Gasteiger partial charge in [-0.15, -0.1) is 0 Å². The van der Waals surface area contributed by atoms with Crippen LogP contribution in [0.3, 0.4) is 0 Å². The van der Waals surface area contributed by atoms with Crippen molar-refractivity contribution in [1.29, 1.82) is 0 Å². The highest BCUT2D eigenvalue weighted by Gasteiger charge is 2.19. The Labute approximate surface area is 114 Å². The molecule has 0 saturated heterocycles. The van der Waals surface area contributed by atoms with Crippen LogP contribution in [-0.2, 0) is 11.3 Å². The standard InChI is InChI=1S/C15H24N2O2/c1-11-8-9-14(19-11)10-16-12(2)15(18)17-13-6-4-3-5-7-13/h8-9,12-13,16H,3-7,10H2,1-2H3,(H,17,18). The summed E-state index contributed by atoms with van der Waals surface area (Å²) >= 11 is 0. The summed E-state index contributed by atoms with van der Waals surface area (Å²) in [5.74, 6) is 1.86. The van der Waals surface area contributed by atoms with Crippen molar-refractivity contribution in [2.75, 3.05) is 0 Å². The topological polar surface area (TPSA) is 54.3 Å². The molecule has 0 spiro atoms. The molecular weight excluding hydrogens is 240 g/mol. The zero-order chi connectivity index (χ0) is 13.7. The minimum atomic E-state index is -0.188. The summed E-state index contributed by atoms with van der Waals surface area (Å²) in [6.45, 7) is 4.41. The van der Waals surface area contributed by atoms with Crippen molar-refractivity contribution in [3.05, 3.63) is 23.7 Å². The normalized spacial score (nSPS) is 18.2. The molecule has 1 unspecified atom stereocenters. The van der Waals surface area contributed by atoms with Gasteiger partial charge in [0.25, 0.3) is 0 Å². The molecule has 1 amide bonds. The van der Waals surface area contributed by atoms with E-state index in [0.717, 1.165) is 24.4 Å². The molecule has 4 nitrogen and oxygen atoms in total. The Morgan fingerprint density at radius 1 is 1.37 bits per heavy atom. The lowest BCUT2D eigenvalue weighted by molar-refractivity contribution is -0.123. The predicted molar refractivity (Wildman–Crippen MR) is 74.8 cm³/mol. The average Bonchev–Trinajstić information content (AvgIpc) is 2.83. The second-order valence-electron chi connectivity index (χ2n) is 5.46. The predicted octanol–water partition coefficient (Wildman–Crippen LogP) is 2.52. The van der Waals surface area contributed by atoms with Gasteiger partial charge in [-0.25, -0.2) is 0 Å². The van der Waals surface area contributed by atoms with Crippen molar-refractivity contribution in [1.82, 2.24) is 10.6 Å². The lowest BCUT2D eigenvalue weighted by atomic mass is 9.95. The summed E-state index contributed by atoms with van der Waals surface area (Å²) in [4.78, 5) is 12.0. The zero-order valence-electron chi connectivity index (χ0n) is 11.9. The second-order valence-corrected chi connectivity index (χ2v) is 5.46. The Balaban J connectivity index is 1.72. The number of carbonyl (C=O) groups excluding carboxylic acids is 1. The molecule has 19 heavy (non-hydrogen) atoms. The van der Waals surface area contributed by atoms with E-state index in [-0.39, 0.29) is 11.9 Å². The Morgan fingerprint density at radius 3 is 2.74 bits per heavy atom. The Kier molecular flexibility index (Phi) is 5.02. The van der Waals surface area contributed by atoms with Gasteiger partial charge in [0.15, 0.2) is 0 Å². The lowest BCUT2D eigenvalue weighted by Crippen LogP contribution is -2.46. The van der Waals surface area contributed by atoms with Gasteiger partial charge in [-0.05, 0) is 38.8 Å². The van der Waals surface area contributed by atoms with E-state index in [0.29, 0.717) is 12.6 Å². The summed E-state index contributed by atoms with van der Waals surface area (Å²) in [7, 11) is 0. The maximum absolute atomic E-state index is 12.0. The number of hydrogen-bond acceptors (Lipinski definition) is 3. The molecule has 2 rings (SSSR count). The molecule has 1 fully saturated rings. The second kappa shape index (κ2) is 6.75. The van der Waals surface area contributed by atoms with E-state index < -0.39 is 0 Å². The van der Waals surface area contributed by atoms with E-state index in [1.165, 1.54) is 19.3 Å². The van der Waals surface area contributed by atoms with Gasteiger partial charge in [-0.2, -0.15) is 0 Å². The first kappa shape index (κ1) is 14.1. The first-order valence-electron chi connectivity index (χ1n) is 7.24. The molecular formula is C15H24N2O2. The van der Waals surface area contributed by atoms with Crippen molar-refractivity contribution >= 4 is 5.91 Å². The minimum absolute atomic E-state index is 0.0928. The van der Waals surface area contributed by atoms with Gasteiger partial charge in [-0.1, -0.05) is 19.3 Å². The number of hydrogen-bond donors (Lipinski definition) is 2. The van der Waals surface area contributed by atoms with Crippen LogP contribution >= 0.6 is 0 Å². The number of amides is 1. The molecule has 0 radical (unpaired) electrons. The molecule has 106 valence electrons. The third-order valence-corrected chi connectivity index (χ3v) is 3.72. The molecule has 1 heterocycles. The maximum atomic E-state index is 12.0. The third-order valence-electron chi connectivity index (χ3n) is 3.72. The molecule has 0 aromatic carbocycles. The molecule has 1 saturated carbocycles. The summed E-state index contributed by atoms with van der Waals surface area (Å²) in [6.07, 6.45) is 6.01. The summed E-state index contributed by atoms with van der Waals surface area (Å²) in [5.41, 5.74) is 0. The van der Waals surface area contributed by atoms with Crippen LogP contribution < -0.4 is 10.6 Å². The van der Waals surface area contributed by atoms with Crippen molar-refractivity contribution in [3.63, 3.8) is 0 Å². The van der Waals surface area contributed by atoms with Crippen LogP contribution in [0.5, 0.6) is 0 Å². The quantitative estimate of drug-likeness (QED) is 0.859. The van der Waals surface area contributed by atoms with E-state index in [4.69, 9.17) is 4.42 Å². The highest BCUT2D eigenvalue weighted by Crippen LogP contribution is 2.17. The molecule has 1 aliphatic rings. The zero-order valence-corrected chi connectivity index (χ0v) is 11.9. The van der Waals surface area contributed by atoms with Crippen LogP contribution in [0.1, 0.15) is 50.5 Å². The fourth-order valence-corrected chi connectivity index (χ4v) is 2.50. The first-order chi connectivity index (χ1) is 9.15. The summed E-state index contributed by atoms with van der Waals surface area (Å²) in [5, 5.41) is 6.32. The van der Waals surface area contributed by atoms with Crippen LogP contribution in [0, 0.1) is 6.92 Å². The molecule has 0 aliphatic heterocycles. The van der Waals surface area contributed by atoms with Crippen LogP contribution in [0.4, 0.5) is 0 Å². The Morgan fingerprint density at radius 2 is 2.11 bits per heavy atom. The van der Waals surface area contributed by atoms with Gasteiger partial charge in [-0.3, -0.25) is 10.1 Å². The molecule has 1 aliphatic carbocycles. The van der Waals surface area contributed by atoms with E-state index in [1.807, 2.05) is 26.0 Å². The van der Waals surface area contributed by atoms with Gasteiger partial charge in [0, 0.05) is 6.04 Å². The largest absolute Gasteiger partial charge is 0.465 e. The highest BCUT2D eigenvalue weighted by atomic mass is 16.3. The first-order valence-corrected chi connectivity index (χ1v) is 7.24. The number of carbonyl (C=O) groups is 1. The van der Waals surface area contributed by atoms with Crippen LogP contribution in [0.2, 0.25) is 0 Å². The SMILES string of the molecule is Cc1ccc(CNC(C)C(=O)NC2CCCCC2)o1. The van der Waals surface area contributed by atoms with Gasteiger partial charge in [0.05, 0.1) is 12.6 Å². The fourth-order valence-electron chi connectivity index (χ4n) is 2.50. The molecule has 0 bridgehead atoms. The maximum Gasteiger partial charge on any atom is 0.237 e. The number of aryl methyl sites for hydroxylation is 1. The Hall–Kier alpha value is -1.29. The van der Waals surface area contributed by atoms with E-state index >= 15 is 0 Å². The monoisotopic (exact) mass is 264 g/mol. The van der Waals surface area contributed by atoms with Crippen LogP contribution in [0.25, 0.3) is 0 Å². The summed E-state index contributed by atoms with van der Waals surface area (Å²) < 4.78 is 5.47. The summed E-state index contributed by atoms with van der Waals surface area (Å²) in [6, 6.07) is 4.06. The number of nitrogens with one attached hydrogen (secondary N) is 2. The van der Waals surface area contributed by atoms with Crippen LogP contribution in [-0.4, -0.2) is 18.0 Å². The van der Waals surface area contributed by atoms with Gasteiger partial charge in [0.1, 0.15) is 11.5 Å². The highest BCUT2D eigenvalue weighted by molar-refractivity contribution is 5.81. The van der Waals surface area contributed by atoms with Crippen molar-refractivity contribution < 1.29 is 9.21 Å². The fraction of sp³-hybridized carbons (Fsp3) is 0.667. The minimum Gasteiger partial charge on any atom is -0.465 e. The smallest absolute Gasteiger partial charge is 0.237 e. The molecule has 1 aromatic rings. The molecule has 1 aromatic heterocycles. The Bertz CT molecular complexity index is 408. The van der Waals surface area contributed by atoms with E-state index in [1.54, 1.807) is 0 Å². The van der Waals surface area contributed by atoms with E-state index in [2.05, 4.69) is 10.6 Å². The van der Waals surface area contributed by atoms with Crippen molar-refractivity contribution in [2.45, 2.75) is 64.6 Å². The van der Waals surface area contributed by atoms with Crippen molar-refractivity contribution in [3.8, 4) is 0 Å². The number of rotatable bonds is 5. The van der Waals surface area contributed by atoms with Gasteiger partial charge >= 0.3 is 0 Å². The molecule has 1 atom stereocenters. The van der Waals surface area contributed by atoms with Gasteiger partial charge in [0.2, 0.25) is 5.91 Å². The lowest BCUT2D eigenvalue weighted by Gasteiger charge is -2.24. The van der Waals surface area contributed by atoms with E-state index in [9.17, 15) is 4.79 Å². The van der Waals surface area contributed by atoms with Crippen LogP contribution in [0.15, 0.2) is 16.5 Å². The third kappa shape index (κ3) is 4.39. The number of furan rings is 1. The van der Waals surface area contributed by atoms with Crippen molar-refractivity contribution in [2.24, 2.45) is 0 Å². The molecule has 4 heteroatoms. The van der Waals surface area contributed by atoms with Gasteiger partial charge < -0.3 is 9.73 Å². The average molecular weight is 264 g/mol. The molecule has 2 N–H and O–H groups in total.